The SMILES string of the molecule is NC(=O)c1cn2c(C(F)(F)F)cccc2n1. The monoisotopic (exact) mass is 229 g/mol. The third kappa shape index (κ3) is 1.60. The summed E-state index contributed by atoms with van der Waals surface area (Å²) < 4.78 is 38.5. The van der Waals surface area contributed by atoms with Crippen molar-refractivity contribution in [2.45, 2.75) is 6.18 Å². The first-order valence-corrected chi connectivity index (χ1v) is 4.25. The number of nitrogens with two attached hydrogens (primary N) is 1. The van der Waals surface area contributed by atoms with Gasteiger partial charge in [-0.3, -0.25) is 9.20 Å². The van der Waals surface area contributed by atoms with Crippen molar-refractivity contribution < 1.29 is 18.0 Å². The molecule has 0 aliphatic rings. The van der Waals surface area contributed by atoms with E-state index in [2.05, 4.69) is 4.98 Å². The molecule has 2 heterocycles. The van der Waals surface area contributed by atoms with Crippen LogP contribution in [0.2, 0.25) is 0 Å². The zero-order valence-electron chi connectivity index (χ0n) is 7.82. The maximum Gasteiger partial charge on any atom is 0.431 e. The Balaban J connectivity index is 2.73. The predicted octanol–water partition coefficient (Wildman–Crippen LogP) is 1.45. The Bertz CT molecular complexity index is 559. The third-order valence-corrected chi connectivity index (χ3v) is 2.04. The molecule has 2 aromatic rings. The molecule has 0 spiro atoms. The number of nitrogens with zero attached hydrogens (tertiary/aromatic N) is 2. The Morgan fingerprint density at radius 2 is 2.06 bits per heavy atom. The summed E-state index contributed by atoms with van der Waals surface area (Å²) in [7, 11) is 0. The maximum absolute atomic E-state index is 12.6. The van der Waals surface area contributed by atoms with E-state index in [1.54, 1.807) is 0 Å². The zero-order chi connectivity index (χ0) is 11.9. The van der Waals surface area contributed by atoms with Gasteiger partial charge >= 0.3 is 6.18 Å². The molecule has 1 amide bonds. The minimum atomic E-state index is -4.50. The van der Waals surface area contributed by atoms with E-state index in [0.717, 1.165) is 16.7 Å². The van der Waals surface area contributed by atoms with Crippen LogP contribution < -0.4 is 5.73 Å². The number of carbonyl (C=O) groups excluding carboxylic acids is 1. The molecule has 2 N–H and O–H groups in total. The van der Waals surface area contributed by atoms with E-state index in [4.69, 9.17) is 5.73 Å². The number of halogens is 3. The standard InChI is InChI=1S/C9H6F3N3O/c10-9(11,12)6-2-1-3-7-14-5(8(13)16)4-15(6)7/h1-4H,(H2,13,16). The predicted molar refractivity (Wildman–Crippen MR) is 48.7 cm³/mol. The molecule has 16 heavy (non-hydrogen) atoms. The van der Waals surface area contributed by atoms with Crippen molar-refractivity contribution >= 4 is 11.6 Å². The Morgan fingerprint density at radius 1 is 1.38 bits per heavy atom. The van der Waals surface area contributed by atoms with Crippen molar-refractivity contribution in [3.8, 4) is 0 Å². The fourth-order valence-corrected chi connectivity index (χ4v) is 1.36. The Kier molecular flexibility index (Phi) is 2.11. The van der Waals surface area contributed by atoms with Crippen LogP contribution in [0.4, 0.5) is 13.2 Å². The van der Waals surface area contributed by atoms with Crippen LogP contribution in [-0.2, 0) is 6.18 Å². The molecular formula is C9H6F3N3O. The minimum absolute atomic E-state index is 0.0311. The van der Waals surface area contributed by atoms with Gasteiger partial charge in [0.15, 0.2) is 0 Å². The summed E-state index contributed by atoms with van der Waals surface area (Å²) in [6.45, 7) is 0. The van der Waals surface area contributed by atoms with Crippen molar-refractivity contribution in [2.24, 2.45) is 5.73 Å². The van der Waals surface area contributed by atoms with Crippen LogP contribution in [0.15, 0.2) is 24.4 Å². The first-order valence-electron chi connectivity index (χ1n) is 4.25. The molecule has 0 aliphatic carbocycles. The summed E-state index contributed by atoms with van der Waals surface area (Å²) >= 11 is 0. The van der Waals surface area contributed by atoms with E-state index >= 15 is 0 Å². The van der Waals surface area contributed by atoms with E-state index in [1.165, 1.54) is 12.1 Å². The average Bonchev–Trinajstić information content (AvgIpc) is 2.58. The van der Waals surface area contributed by atoms with Gasteiger partial charge in [0.25, 0.3) is 5.91 Å². The molecule has 0 unspecified atom stereocenters. The molecule has 0 bridgehead atoms. The van der Waals surface area contributed by atoms with Crippen LogP contribution in [0.1, 0.15) is 16.2 Å². The largest absolute Gasteiger partial charge is 0.431 e. The second-order valence-electron chi connectivity index (χ2n) is 3.13. The fourth-order valence-electron chi connectivity index (χ4n) is 1.36. The summed E-state index contributed by atoms with van der Waals surface area (Å²) in [5.41, 5.74) is 3.88. The van der Waals surface area contributed by atoms with Crippen LogP contribution in [-0.4, -0.2) is 15.3 Å². The van der Waals surface area contributed by atoms with Crippen LogP contribution >= 0.6 is 0 Å². The fraction of sp³-hybridized carbons (Fsp3) is 0.111. The lowest BCUT2D eigenvalue weighted by Gasteiger charge is -2.08. The number of hydrogen-bond donors (Lipinski definition) is 1. The second-order valence-corrected chi connectivity index (χ2v) is 3.13. The van der Waals surface area contributed by atoms with Crippen LogP contribution in [0.5, 0.6) is 0 Å². The number of pyridine rings is 1. The van der Waals surface area contributed by atoms with Crippen molar-refractivity contribution in [1.82, 2.24) is 9.38 Å². The van der Waals surface area contributed by atoms with Gasteiger partial charge in [0.1, 0.15) is 17.0 Å². The lowest BCUT2D eigenvalue weighted by molar-refractivity contribution is -0.142. The Hall–Kier alpha value is -2.05. The minimum Gasteiger partial charge on any atom is -0.364 e. The number of imidazole rings is 1. The molecule has 0 saturated carbocycles. The van der Waals surface area contributed by atoms with Gasteiger partial charge in [-0.05, 0) is 12.1 Å². The van der Waals surface area contributed by atoms with Gasteiger partial charge in [-0.25, -0.2) is 4.98 Å². The molecule has 84 valence electrons. The molecule has 0 atom stereocenters. The summed E-state index contributed by atoms with van der Waals surface area (Å²) in [5, 5.41) is 0. The zero-order valence-corrected chi connectivity index (χ0v) is 7.82. The average molecular weight is 229 g/mol. The van der Waals surface area contributed by atoms with Gasteiger partial charge in [0, 0.05) is 6.20 Å². The highest BCUT2D eigenvalue weighted by Gasteiger charge is 2.33. The lowest BCUT2D eigenvalue weighted by atomic mass is 10.3. The van der Waals surface area contributed by atoms with E-state index in [9.17, 15) is 18.0 Å². The van der Waals surface area contributed by atoms with Crippen LogP contribution in [0, 0.1) is 0 Å². The molecule has 0 saturated heterocycles. The molecule has 2 rings (SSSR count). The number of primary amides is 1. The van der Waals surface area contributed by atoms with Crippen molar-refractivity contribution in [1.29, 1.82) is 0 Å². The summed E-state index contributed by atoms with van der Waals surface area (Å²) in [5.74, 6) is -0.864. The van der Waals surface area contributed by atoms with Gasteiger partial charge in [-0.2, -0.15) is 13.2 Å². The number of hydrogen-bond acceptors (Lipinski definition) is 2. The van der Waals surface area contributed by atoms with Gasteiger partial charge in [-0.15, -0.1) is 0 Å². The number of alkyl halides is 3. The molecule has 0 radical (unpaired) electrons. The van der Waals surface area contributed by atoms with E-state index < -0.39 is 17.8 Å². The third-order valence-electron chi connectivity index (χ3n) is 2.04. The highest BCUT2D eigenvalue weighted by atomic mass is 19.4. The van der Waals surface area contributed by atoms with Gasteiger partial charge in [0.2, 0.25) is 0 Å². The summed E-state index contributed by atoms with van der Waals surface area (Å²) in [6.07, 6.45) is -3.53. The molecule has 4 nitrogen and oxygen atoms in total. The quantitative estimate of drug-likeness (QED) is 0.804. The van der Waals surface area contributed by atoms with E-state index in [0.29, 0.717) is 0 Å². The van der Waals surface area contributed by atoms with Gasteiger partial charge in [0.05, 0.1) is 0 Å². The van der Waals surface area contributed by atoms with Gasteiger partial charge in [-0.1, -0.05) is 6.07 Å². The Labute approximate surface area is 87.5 Å². The van der Waals surface area contributed by atoms with E-state index in [-0.39, 0.29) is 11.3 Å². The normalized spacial score (nSPS) is 11.9. The maximum atomic E-state index is 12.6. The molecular weight excluding hydrogens is 223 g/mol. The molecule has 0 aliphatic heterocycles. The topological polar surface area (TPSA) is 60.4 Å². The van der Waals surface area contributed by atoms with Crippen molar-refractivity contribution in [2.75, 3.05) is 0 Å². The second kappa shape index (κ2) is 3.22. The van der Waals surface area contributed by atoms with Gasteiger partial charge < -0.3 is 5.73 Å². The number of amides is 1. The number of carbonyl (C=O) groups is 1. The smallest absolute Gasteiger partial charge is 0.364 e. The summed E-state index contributed by atoms with van der Waals surface area (Å²) in [6, 6.07) is 3.48. The molecule has 0 aromatic carbocycles. The molecule has 0 fully saturated rings. The highest BCUT2D eigenvalue weighted by Crippen LogP contribution is 2.29. The van der Waals surface area contributed by atoms with E-state index in [1.807, 2.05) is 0 Å². The molecule has 7 heteroatoms. The Morgan fingerprint density at radius 3 is 2.62 bits per heavy atom. The van der Waals surface area contributed by atoms with Crippen LogP contribution in [0.25, 0.3) is 5.65 Å². The van der Waals surface area contributed by atoms with Crippen LogP contribution in [0.3, 0.4) is 0 Å². The first-order chi connectivity index (χ1) is 7.39. The number of rotatable bonds is 1. The number of aromatic nitrogens is 2. The van der Waals surface area contributed by atoms with Crippen molar-refractivity contribution in [3.63, 3.8) is 0 Å². The summed E-state index contributed by atoms with van der Waals surface area (Å²) in [4.78, 5) is 14.5. The number of fused-ring (bicyclic) bond motifs is 1. The first kappa shape index (κ1) is 10.5. The van der Waals surface area contributed by atoms with Crippen molar-refractivity contribution in [3.05, 3.63) is 35.8 Å². The highest BCUT2D eigenvalue weighted by molar-refractivity contribution is 5.91. The molecule has 2 aromatic heterocycles. The lowest BCUT2D eigenvalue weighted by Crippen LogP contribution is -2.12.